The molecule has 7 heteroatoms. The van der Waals surface area contributed by atoms with Crippen molar-refractivity contribution in [1.29, 1.82) is 0 Å². The van der Waals surface area contributed by atoms with E-state index < -0.39 is 0 Å². The van der Waals surface area contributed by atoms with Crippen LogP contribution < -0.4 is 15.4 Å². The lowest BCUT2D eigenvalue weighted by atomic mass is 10.0. The summed E-state index contributed by atoms with van der Waals surface area (Å²) < 4.78 is 5.64. The van der Waals surface area contributed by atoms with Crippen molar-refractivity contribution in [2.45, 2.75) is 60.4 Å². The molecule has 0 fully saturated rings. The SMILES string of the molecule is CC.CCC1=CCN(/C(=C(\NC)c2ccc(C)cc2)c2ccnc(NCc3ccc4c(c3)CCO4)n2)C=C1.CCC=O. The molecule has 0 aliphatic carbocycles. The highest BCUT2D eigenvalue weighted by atomic mass is 16.5. The molecule has 0 unspecified atom stereocenters. The van der Waals surface area contributed by atoms with Crippen LogP contribution in [0, 0.1) is 6.92 Å². The Morgan fingerprint density at radius 3 is 2.50 bits per heavy atom. The number of nitrogens with one attached hydrogen (secondary N) is 2. The molecule has 2 aliphatic rings. The van der Waals surface area contributed by atoms with Crippen molar-refractivity contribution < 1.29 is 9.53 Å². The normalized spacial score (nSPS) is 13.7. The van der Waals surface area contributed by atoms with Crippen LogP contribution in [0.2, 0.25) is 0 Å². The quantitative estimate of drug-likeness (QED) is 0.266. The van der Waals surface area contributed by atoms with Crippen molar-refractivity contribution in [3.8, 4) is 5.75 Å². The molecule has 0 bridgehead atoms. The van der Waals surface area contributed by atoms with Gasteiger partial charge < -0.3 is 25.1 Å². The maximum Gasteiger partial charge on any atom is 0.223 e. The van der Waals surface area contributed by atoms with Crippen molar-refractivity contribution in [3.63, 3.8) is 0 Å². The van der Waals surface area contributed by atoms with Gasteiger partial charge in [-0.1, -0.05) is 75.7 Å². The Hall–Kier alpha value is -4.39. The third kappa shape index (κ3) is 8.56. The second-order valence-electron chi connectivity index (χ2n) is 9.67. The molecule has 0 saturated carbocycles. The fraction of sp³-hybridized carbons (Fsp3) is 0.343. The number of hydrogen-bond donors (Lipinski definition) is 2. The Morgan fingerprint density at radius 1 is 1.10 bits per heavy atom. The van der Waals surface area contributed by atoms with E-state index in [1.165, 1.54) is 22.3 Å². The molecule has 7 nitrogen and oxygen atoms in total. The van der Waals surface area contributed by atoms with Gasteiger partial charge >= 0.3 is 0 Å². The number of carbonyl (C=O) groups is 1. The molecule has 42 heavy (non-hydrogen) atoms. The van der Waals surface area contributed by atoms with Crippen molar-refractivity contribution in [3.05, 3.63) is 107 Å². The molecule has 222 valence electrons. The number of fused-ring (bicyclic) bond motifs is 1. The molecule has 0 radical (unpaired) electrons. The summed E-state index contributed by atoms with van der Waals surface area (Å²) >= 11 is 0. The average molecular weight is 568 g/mol. The highest BCUT2D eigenvalue weighted by molar-refractivity contribution is 5.88. The van der Waals surface area contributed by atoms with Gasteiger partial charge in [-0.3, -0.25) is 0 Å². The number of ether oxygens (including phenoxy) is 1. The topological polar surface area (TPSA) is 79.4 Å². The second-order valence-corrected chi connectivity index (χ2v) is 9.67. The summed E-state index contributed by atoms with van der Waals surface area (Å²) in [7, 11) is 1.97. The van der Waals surface area contributed by atoms with Crippen molar-refractivity contribution in [2.24, 2.45) is 0 Å². The number of rotatable bonds is 9. The predicted octanol–water partition coefficient (Wildman–Crippen LogP) is 7.16. The molecule has 2 N–H and O–H groups in total. The van der Waals surface area contributed by atoms with E-state index in [4.69, 9.17) is 9.72 Å². The summed E-state index contributed by atoms with van der Waals surface area (Å²) in [6, 6.07) is 16.9. The molecule has 2 aromatic carbocycles. The van der Waals surface area contributed by atoms with Crippen LogP contribution in [-0.2, 0) is 17.8 Å². The van der Waals surface area contributed by atoms with Crippen LogP contribution in [0.25, 0.3) is 11.4 Å². The lowest BCUT2D eigenvalue weighted by Gasteiger charge is -2.28. The van der Waals surface area contributed by atoms with Crippen LogP contribution in [0.4, 0.5) is 5.95 Å². The highest BCUT2D eigenvalue weighted by Crippen LogP contribution is 2.30. The van der Waals surface area contributed by atoms with Crippen LogP contribution in [0.15, 0.2) is 78.7 Å². The average Bonchev–Trinajstić information content (AvgIpc) is 3.52. The van der Waals surface area contributed by atoms with Crippen LogP contribution in [0.5, 0.6) is 5.75 Å². The van der Waals surface area contributed by atoms with Gasteiger partial charge in [-0.15, -0.1) is 0 Å². The summed E-state index contributed by atoms with van der Waals surface area (Å²) in [6.07, 6.45) is 11.9. The van der Waals surface area contributed by atoms with Crippen LogP contribution in [0.3, 0.4) is 0 Å². The van der Waals surface area contributed by atoms with Gasteiger partial charge in [0.1, 0.15) is 12.0 Å². The van der Waals surface area contributed by atoms with Crippen molar-refractivity contribution >= 4 is 23.6 Å². The fourth-order valence-electron chi connectivity index (χ4n) is 4.60. The Morgan fingerprint density at radius 2 is 1.86 bits per heavy atom. The van der Waals surface area contributed by atoms with Gasteiger partial charge in [0.2, 0.25) is 5.95 Å². The number of benzene rings is 2. The Balaban J connectivity index is 0.000000745. The second kappa shape index (κ2) is 16.8. The summed E-state index contributed by atoms with van der Waals surface area (Å²) in [5.41, 5.74) is 9.05. The largest absolute Gasteiger partial charge is 0.493 e. The van der Waals surface area contributed by atoms with Gasteiger partial charge in [0.15, 0.2) is 0 Å². The van der Waals surface area contributed by atoms with E-state index in [1.54, 1.807) is 0 Å². The van der Waals surface area contributed by atoms with Gasteiger partial charge in [0, 0.05) is 45.4 Å². The molecule has 0 atom stereocenters. The minimum Gasteiger partial charge on any atom is -0.493 e. The number of aromatic nitrogens is 2. The minimum absolute atomic E-state index is 0.604. The third-order valence-electron chi connectivity index (χ3n) is 6.81. The van der Waals surface area contributed by atoms with E-state index in [0.717, 1.165) is 60.7 Å². The highest BCUT2D eigenvalue weighted by Gasteiger charge is 2.20. The number of aldehydes is 1. The van der Waals surface area contributed by atoms with Gasteiger partial charge in [-0.25, -0.2) is 9.97 Å². The van der Waals surface area contributed by atoms with Crippen LogP contribution in [-0.4, -0.2) is 41.4 Å². The van der Waals surface area contributed by atoms with Gasteiger partial charge in [-0.05, 0) is 53.8 Å². The molecule has 0 saturated heterocycles. The molecule has 0 amide bonds. The van der Waals surface area contributed by atoms with Crippen LogP contribution >= 0.6 is 0 Å². The first-order chi connectivity index (χ1) is 20.6. The fourth-order valence-corrected chi connectivity index (χ4v) is 4.60. The van der Waals surface area contributed by atoms with Crippen molar-refractivity contribution in [1.82, 2.24) is 20.2 Å². The maximum absolute atomic E-state index is 9.17. The van der Waals surface area contributed by atoms with E-state index in [2.05, 4.69) is 95.2 Å². The van der Waals surface area contributed by atoms with Gasteiger partial charge in [0.05, 0.1) is 23.7 Å². The standard InChI is InChI=1S/C30H33N5O.C3H6O.C2H6/c1-4-22-12-16-35(17-13-22)29(28(31-3)24-8-5-21(2)6-9-24)26-11-15-32-30(34-26)33-20-23-7-10-27-25(19-23)14-18-36-27;1-2-3-4;1-2/h5-13,15-16,19,31H,4,14,17-18,20H2,1-3H3,(H,32,33,34);3H,2H2,1H3;1-2H3/b29-28-;;. The smallest absolute Gasteiger partial charge is 0.223 e. The summed E-state index contributed by atoms with van der Waals surface area (Å²) in [6.45, 7) is 12.3. The van der Waals surface area contributed by atoms with Crippen LogP contribution in [0.1, 0.15) is 68.5 Å². The lowest BCUT2D eigenvalue weighted by molar-refractivity contribution is -0.107. The van der Waals surface area contributed by atoms with E-state index in [9.17, 15) is 4.79 Å². The molecular weight excluding hydrogens is 522 g/mol. The Bertz CT molecular complexity index is 1390. The van der Waals surface area contributed by atoms with E-state index >= 15 is 0 Å². The van der Waals surface area contributed by atoms with E-state index in [1.807, 2.05) is 40.1 Å². The summed E-state index contributed by atoms with van der Waals surface area (Å²) in [4.78, 5) is 20.9. The zero-order valence-electron chi connectivity index (χ0n) is 25.9. The first kappa shape index (κ1) is 32.1. The summed E-state index contributed by atoms with van der Waals surface area (Å²) in [5, 5.41) is 6.87. The van der Waals surface area contributed by atoms with E-state index in [-0.39, 0.29) is 0 Å². The molecule has 3 aromatic rings. The van der Waals surface area contributed by atoms with Gasteiger partial charge in [0.25, 0.3) is 0 Å². The number of aryl methyl sites for hydroxylation is 1. The Labute approximate surface area is 251 Å². The monoisotopic (exact) mass is 567 g/mol. The van der Waals surface area contributed by atoms with Gasteiger partial charge in [-0.2, -0.15) is 0 Å². The predicted molar refractivity (Wildman–Crippen MR) is 174 cm³/mol. The minimum atomic E-state index is 0.604. The zero-order valence-corrected chi connectivity index (χ0v) is 25.9. The first-order valence-corrected chi connectivity index (χ1v) is 14.9. The summed E-state index contributed by atoms with van der Waals surface area (Å²) in [5.74, 6) is 1.60. The maximum atomic E-state index is 9.17. The molecular formula is C35H45N5O2. The first-order valence-electron chi connectivity index (χ1n) is 14.9. The molecule has 5 rings (SSSR count). The van der Waals surface area contributed by atoms with E-state index in [0.29, 0.717) is 18.9 Å². The number of anilines is 1. The third-order valence-corrected chi connectivity index (χ3v) is 6.81. The number of nitrogens with zero attached hydrogens (tertiary/aromatic N) is 3. The molecule has 1 aromatic heterocycles. The lowest BCUT2D eigenvalue weighted by Crippen LogP contribution is -2.24. The molecule has 2 aliphatic heterocycles. The zero-order chi connectivity index (χ0) is 30.3. The number of carbonyl (C=O) groups excluding carboxylic acids is 1. The number of hydrogen-bond acceptors (Lipinski definition) is 7. The molecule has 3 heterocycles. The molecule has 0 spiro atoms. The number of allylic oxidation sites excluding steroid dienone is 2. The Kier molecular flexibility index (Phi) is 12.8. The van der Waals surface area contributed by atoms with Crippen molar-refractivity contribution in [2.75, 3.05) is 25.5 Å².